The van der Waals surface area contributed by atoms with Crippen LogP contribution in [-0.4, -0.2) is 25.7 Å². The molecule has 1 aliphatic rings. The maximum atomic E-state index is 3.59. The van der Waals surface area contributed by atoms with Crippen molar-refractivity contribution in [3.63, 3.8) is 0 Å². The Kier molecular flexibility index (Phi) is 3.20. The molecule has 0 spiro atoms. The highest BCUT2D eigenvalue weighted by Crippen LogP contribution is 2.24. The van der Waals surface area contributed by atoms with Gasteiger partial charge >= 0.3 is 0 Å². The van der Waals surface area contributed by atoms with E-state index in [4.69, 9.17) is 0 Å². The van der Waals surface area contributed by atoms with Crippen molar-refractivity contribution in [1.29, 1.82) is 0 Å². The van der Waals surface area contributed by atoms with Gasteiger partial charge in [0.25, 0.3) is 0 Å². The first-order chi connectivity index (χ1) is 7.57. The van der Waals surface area contributed by atoms with Gasteiger partial charge in [0.2, 0.25) is 0 Å². The van der Waals surface area contributed by atoms with Crippen LogP contribution in [0.4, 0.5) is 5.69 Å². The van der Waals surface area contributed by atoms with Crippen molar-refractivity contribution in [2.24, 2.45) is 5.41 Å². The zero-order chi connectivity index (χ0) is 11.6. The van der Waals surface area contributed by atoms with Gasteiger partial charge in [-0.3, -0.25) is 0 Å². The van der Waals surface area contributed by atoms with Crippen LogP contribution in [0.25, 0.3) is 0 Å². The predicted octanol–water partition coefficient (Wildman–Crippen LogP) is 2.51. The van der Waals surface area contributed by atoms with Gasteiger partial charge < -0.3 is 10.2 Å². The molecule has 0 amide bonds. The highest BCUT2D eigenvalue weighted by atomic mass is 15.2. The molecule has 0 radical (unpaired) electrons. The van der Waals surface area contributed by atoms with Crippen molar-refractivity contribution in [1.82, 2.24) is 5.32 Å². The Labute approximate surface area is 98.7 Å². The quantitative estimate of drug-likeness (QED) is 0.779. The van der Waals surface area contributed by atoms with Gasteiger partial charge in [0.1, 0.15) is 0 Å². The predicted molar refractivity (Wildman–Crippen MR) is 69.9 cm³/mol. The Hall–Kier alpha value is -1.02. The van der Waals surface area contributed by atoms with E-state index in [1.165, 1.54) is 5.69 Å². The zero-order valence-corrected chi connectivity index (χ0v) is 10.5. The highest BCUT2D eigenvalue weighted by Gasteiger charge is 2.27. The molecule has 1 aromatic rings. The summed E-state index contributed by atoms with van der Waals surface area (Å²) in [5.41, 5.74) is 1.67. The summed E-state index contributed by atoms with van der Waals surface area (Å²) in [5, 5.41) is 3.59. The largest absolute Gasteiger partial charge is 0.369 e. The standard InChI is InChI=1S/C14H22N2/c1-12-9-16(11-14(2,3)10-15-12)13-7-5-4-6-8-13/h4-8,12,15H,9-11H2,1-3H3. The molecule has 1 aromatic carbocycles. The number of hydrogen-bond acceptors (Lipinski definition) is 2. The highest BCUT2D eigenvalue weighted by molar-refractivity contribution is 5.46. The molecule has 1 unspecified atom stereocenters. The fourth-order valence-corrected chi connectivity index (χ4v) is 2.32. The van der Waals surface area contributed by atoms with Crippen molar-refractivity contribution in [2.45, 2.75) is 26.8 Å². The summed E-state index contributed by atoms with van der Waals surface area (Å²) in [4.78, 5) is 2.49. The van der Waals surface area contributed by atoms with Crippen LogP contribution in [-0.2, 0) is 0 Å². The monoisotopic (exact) mass is 218 g/mol. The average Bonchev–Trinajstić information content (AvgIpc) is 2.39. The molecule has 16 heavy (non-hydrogen) atoms. The molecule has 1 atom stereocenters. The van der Waals surface area contributed by atoms with Crippen LogP contribution >= 0.6 is 0 Å². The summed E-state index contributed by atoms with van der Waals surface area (Å²) in [6.07, 6.45) is 0. The van der Waals surface area contributed by atoms with E-state index in [1.54, 1.807) is 0 Å². The lowest BCUT2D eigenvalue weighted by atomic mass is 9.93. The van der Waals surface area contributed by atoms with Gasteiger partial charge in [0.05, 0.1) is 0 Å². The minimum absolute atomic E-state index is 0.334. The average molecular weight is 218 g/mol. The molecule has 1 aliphatic heterocycles. The van der Waals surface area contributed by atoms with Gasteiger partial charge in [0.15, 0.2) is 0 Å². The molecule has 0 aliphatic carbocycles. The van der Waals surface area contributed by atoms with Gasteiger partial charge in [0, 0.05) is 31.4 Å². The minimum Gasteiger partial charge on any atom is -0.369 e. The molecule has 2 heteroatoms. The maximum Gasteiger partial charge on any atom is 0.0366 e. The fraction of sp³-hybridized carbons (Fsp3) is 0.571. The van der Waals surface area contributed by atoms with Crippen molar-refractivity contribution in [2.75, 3.05) is 24.5 Å². The Morgan fingerprint density at radius 3 is 2.62 bits per heavy atom. The van der Waals surface area contributed by atoms with E-state index >= 15 is 0 Å². The third-order valence-electron chi connectivity index (χ3n) is 3.16. The van der Waals surface area contributed by atoms with Crippen molar-refractivity contribution >= 4 is 5.69 Å². The zero-order valence-electron chi connectivity index (χ0n) is 10.5. The summed E-state index contributed by atoms with van der Waals surface area (Å²) < 4.78 is 0. The van der Waals surface area contributed by atoms with Crippen LogP contribution in [0.3, 0.4) is 0 Å². The summed E-state index contributed by atoms with van der Waals surface area (Å²) in [6, 6.07) is 11.3. The normalized spacial score (nSPS) is 25.2. The summed E-state index contributed by atoms with van der Waals surface area (Å²) in [6.45, 7) is 10.2. The molecule has 1 N–H and O–H groups in total. The summed E-state index contributed by atoms with van der Waals surface area (Å²) >= 11 is 0. The molecule has 0 aromatic heterocycles. The van der Waals surface area contributed by atoms with Gasteiger partial charge in [-0.15, -0.1) is 0 Å². The van der Waals surface area contributed by atoms with E-state index in [1.807, 2.05) is 0 Å². The molecule has 0 saturated carbocycles. The van der Waals surface area contributed by atoms with E-state index in [0.717, 1.165) is 19.6 Å². The SMILES string of the molecule is CC1CN(c2ccccc2)CC(C)(C)CN1. The van der Waals surface area contributed by atoms with Crippen LogP contribution in [0.2, 0.25) is 0 Å². The van der Waals surface area contributed by atoms with Crippen LogP contribution in [0, 0.1) is 5.41 Å². The molecule has 1 heterocycles. The number of benzene rings is 1. The molecular weight excluding hydrogens is 196 g/mol. The molecule has 1 fully saturated rings. The van der Waals surface area contributed by atoms with Crippen LogP contribution in [0.15, 0.2) is 30.3 Å². The second kappa shape index (κ2) is 4.46. The van der Waals surface area contributed by atoms with Crippen LogP contribution in [0.1, 0.15) is 20.8 Å². The first kappa shape index (κ1) is 11.5. The lowest BCUT2D eigenvalue weighted by molar-refractivity contribution is 0.362. The van der Waals surface area contributed by atoms with Crippen molar-refractivity contribution < 1.29 is 0 Å². The molecule has 2 rings (SSSR count). The van der Waals surface area contributed by atoms with Gasteiger partial charge in [-0.1, -0.05) is 32.0 Å². The van der Waals surface area contributed by atoms with Crippen LogP contribution < -0.4 is 10.2 Å². The number of para-hydroxylation sites is 1. The van der Waals surface area contributed by atoms with E-state index in [0.29, 0.717) is 11.5 Å². The van der Waals surface area contributed by atoms with Crippen molar-refractivity contribution in [3.8, 4) is 0 Å². The summed E-state index contributed by atoms with van der Waals surface area (Å²) in [7, 11) is 0. The molecule has 1 saturated heterocycles. The first-order valence-electron chi connectivity index (χ1n) is 6.10. The molecular formula is C14H22N2. The van der Waals surface area contributed by atoms with E-state index in [2.05, 4.69) is 61.3 Å². The Balaban J connectivity index is 2.19. The minimum atomic E-state index is 0.334. The van der Waals surface area contributed by atoms with Gasteiger partial charge in [-0.2, -0.15) is 0 Å². The lowest BCUT2D eigenvalue weighted by Crippen LogP contribution is -2.35. The van der Waals surface area contributed by atoms with Gasteiger partial charge in [-0.25, -0.2) is 0 Å². The number of hydrogen-bond donors (Lipinski definition) is 1. The number of rotatable bonds is 1. The van der Waals surface area contributed by atoms with E-state index < -0.39 is 0 Å². The smallest absolute Gasteiger partial charge is 0.0366 e. The lowest BCUT2D eigenvalue weighted by Gasteiger charge is -2.30. The van der Waals surface area contributed by atoms with Crippen LogP contribution in [0.5, 0.6) is 0 Å². The topological polar surface area (TPSA) is 15.3 Å². The van der Waals surface area contributed by atoms with E-state index in [-0.39, 0.29) is 0 Å². The third-order valence-corrected chi connectivity index (χ3v) is 3.16. The van der Waals surface area contributed by atoms with Crippen molar-refractivity contribution in [3.05, 3.63) is 30.3 Å². The number of nitrogens with one attached hydrogen (secondary N) is 1. The molecule has 88 valence electrons. The van der Waals surface area contributed by atoms with Gasteiger partial charge in [-0.05, 0) is 24.5 Å². The third kappa shape index (κ3) is 2.76. The maximum absolute atomic E-state index is 3.59. The number of anilines is 1. The second-order valence-corrected chi connectivity index (χ2v) is 5.66. The first-order valence-corrected chi connectivity index (χ1v) is 6.10. The Morgan fingerprint density at radius 1 is 1.25 bits per heavy atom. The molecule has 2 nitrogen and oxygen atoms in total. The van der Waals surface area contributed by atoms with E-state index in [9.17, 15) is 0 Å². The molecule has 0 bridgehead atoms. The fourth-order valence-electron chi connectivity index (χ4n) is 2.32. The second-order valence-electron chi connectivity index (χ2n) is 5.66. The summed E-state index contributed by atoms with van der Waals surface area (Å²) in [5.74, 6) is 0. The number of nitrogens with zero attached hydrogens (tertiary/aromatic N) is 1. The Bertz CT molecular complexity index is 332. The Morgan fingerprint density at radius 2 is 1.94 bits per heavy atom.